The van der Waals surface area contributed by atoms with Gasteiger partial charge in [-0.1, -0.05) is 0 Å². The number of hydrogen-bond acceptors (Lipinski definition) is 0. The van der Waals surface area contributed by atoms with Crippen molar-refractivity contribution in [1.29, 1.82) is 0 Å². The van der Waals surface area contributed by atoms with Crippen molar-refractivity contribution in [2.45, 2.75) is 32.9 Å². The van der Waals surface area contributed by atoms with E-state index in [2.05, 4.69) is 13.8 Å². The van der Waals surface area contributed by atoms with Crippen molar-refractivity contribution in [2.24, 2.45) is 0 Å². The summed E-state index contributed by atoms with van der Waals surface area (Å²) in [5, 5.41) is 3.51. The molecule has 0 aromatic heterocycles. The zero-order chi connectivity index (χ0) is 5.07. The molecule has 0 N–H and O–H groups in total. The van der Waals surface area contributed by atoms with Crippen LogP contribution in [0.1, 0.15) is 13.8 Å². The van der Waals surface area contributed by atoms with Crippen molar-refractivity contribution in [2.75, 3.05) is 0 Å². The SMILES string of the molecule is C[CH]1[CH2][Zn]12[CH2][CH]2C. The minimum atomic E-state index is -1.03. The second kappa shape index (κ2) is 0.979. The minimum absolute atomic E-state index is 1.03. The van der Waals surface area contributed by atoms with E-state index in [1.54, 1.807) is 10.0 Å². The average Bonchev–Trinajstić information content (AvgIpc) is 2.28. The summed E-state index contributed by atoms with van der Waals surface area (Å²) in [6.07, 6.45) is 0. The van der Waals surface area contributed by atoms with Gasteiger partial charge in [-0.3, -0.25) is 0 Å². The van der Waals surface area contributed by atoms with E-state index in [4.69, 9.17) is 0 Å². The maximum absolute atomic E-state index is 2.48. The van der Waals surface area contributed by atoms with E-state index >= 15 is 0 Å². The zero-order valence-electron chi connectivity index (χ0n) is 5.28. The molecule has 1 heteroatoms. The molecule has 7 heavy (non-hydrogen) atoms. The Labute approximate surface area is 48.1 Å². The average molecular weight is 150 g/mol. The van der Waals surface area contributed by atoms with Crippen molar-refractivity contribution >= 4 is 0 Å². The van der Waals surface area contributed by atoms with Crippen molar-refractivity contribution < 1.29 is 14.8 Å². The van der Waals surface area contributed by atoms with Gasteiger partial charge in [0.1, 0.15) is 0 Å². The zero-order valence-corrected chi connectivity index (χ0v) is 8.24. The van der Waals surface area contributed by atoms with Crippen LogP contribution in [0.15, 0.2) is 0 Å². The van der Waals surface area contributed by atoms with Crippen LogP contribution in [0, 0.1) is 0 Å². The Bertz CT molecular complexity index is 94.7. The van der Waals surface area contributed by atoms with E-state index in [-0.39, 0.29) is 0 Å². The molecule has 0 nitrogen and oxygen atoms in total. The topological polar surface area (TPSA) is 0 Å². The van der Waals surface area contributed by atoms with Gasteiger partial charge < -0.3 is 0 Å². The molecule has 0 amide bonds. The van der Waals surface area contributed by atoms with Gasteiger partial charge in [0.25, 0.3) is 0 Å². The predicted octanol–water partition coefficient (Wildman–Crippen LogP) is 2.62. The molecule has 0 aliphatic carbocycles. The molecule has 0 bridgehead atoms. The summed E-state index contributed by atoms with van der Waals surface area (Å²) in [4.78, 5) is 0. The first-order valence-electron chi connectivity index (χ1n) is 3.79. The van der Waals surface area contributed by atoms with E-state index in [0.29, 0.717) is 0 Å². The van der Waals surface area contributed by atoms with E-state index < -0.39 is 14.8 Å². The van der Waals surface area contributed by atoms with Crippen LogP contribution in [0.2, 0.25) is 19.1 Å². The summed E-state index contributed by atoms with van der Waals surface area (Å²) in [6.45, 7) is 4.95. The first-order chi connectivity index (χ1) is 3.26. The Balaban J connectivity index is 2.11. The van der Waals surface area contributed by atoms with Gasteiger partial charge in [0, 0.05) is 0 Å². The summed E-state index contributed by atoms with van der Waals surface area (Å²) < 4.78 is 2.61. The Morgan fingerprint density at radius 3 is 1.43 bits per heavy atom. The van der Waals surface area contributed by atoms with E-state index in [1.165, 1.54) is 9.02 Å². The third-order valence-corrected chi connectivity index (χ3v) is 22.2. The third kappa shape index (κ3) is 0.408. The van der Waals surface area contributed by atoms with E-state index in [1.807, 2.05) is 0 Å². The third-order valence-electron chi connectivity index (χ3n) is 4.26. The molecule has 2 atom stereocenters. The van der Waals surface area contributed by atoms with Gasteiger partial charge in [0.2, 0.25) is 0 Å². The summed E-state index contributed by atoms with van der Waals surface area (Å²) in [6, 6.07) is 0. The van der Waals surface area contributed by atoms with Crippen LogP contribution in [0.3, 0.4) is 0 Å². The van der Waals surface area contributed by atoms with Crippen LogP contribution < -0.4 is 0 Å². The van der Waals surface area contributed by atoms with Gasteiger partial charge in [-0.05, 0) is 0 Å². The van der Waals surface area contributed by atoms with Crippen LogP contribution in [-0.2, 0) is 14.8 Å². The van der Waals surface area contributed by atoms with Crippen LogP contribution in [0.5, 0.6) is 0 Å². The van der Waals surface area contributed by atoms with Gasteiger partial charge in [-0.2, -0.15) is 0 Å². The van der Waals surface area contributed by atoms with Crippen molar-refractivity contribution in [3.05, 3.63) is 0 Å². The molecule has 2 aliphatic rings. The molecule has 2 rings (SSSR count). The number of hydrogen-bond donors (Lipinski definition) is 0. The van der Waals surface area contributed by atoms with Gasteiger partial charge in [0.05, 0.1) is 0 Å². The molecule has 0 saturated carbocycles. The van der Waals surface area contributed by atoms with Gasteiger partial charge in [-0.15, -0.1) is 0 Å². The summed E-state index contributed by atoms with van der Waals surface area (Å²) in [5.41, 5.74) is 0. The van der Waals surface area contributed by atoms with E-state index in [0.717, 1.165) is 0 Å². The van der Waals surface area contributed by atoms with Gasteiger partial charge >= 0.3 is 47.7 Å². The standard InChI is InChI=1S/2C3H6.Zn/c2*1-3-2;/h2*3H,1H2,2H3;. The fraction of sp³-hybridized carbons (Fsp3) is 1.00. The molecular weight excluding hydrogens is 137 g/mol. The van der Waals surface area contributed by atoms with Crippen LogP contribution >= 0.6 is 0 Å². The van der Waals surface area contributed by atoms with Crippen LogP contribution in [0.25, 0.3) is 0 Å². The summed E-state index contributed by atoms with van der Waals surface area (Å²) in [7, 11) is 0. The Hall–Kier alpha value is 0.623. The van der Waals surface area contributed by atoms with Gasteiger partial charge in [-0.25, -0.2) is 0 Å². The Kier molecular flexibility index (Phi) is 0.629. The molecule has 0 radical (unpaired) electrons. The molecule has 2 heterocycles. The van der Waals surface area contributed by atoms with Gasteiger partial charge in [0.15, 0.2) is 0 Å². The first-order valence-corrected chi connectivity index (χ1v) is 11.4. The molecule has 2 aliphatic heterocycles. The fourth-order valence-electron chi connectivity index (χ4n) is 2.97. The number of rotatable bonds is 0. The monoisotopic (exact) mass is 148 g/mol. The second-order valence-electron chi connectivity index (χ2n) is 4.53. The Morgan fingerprint density at radius 2 is 1.43 bits per heavy atom. The molecule has 1 spiro atoms. The van der Waals surface area contributed by atoms with Crippen molar-refractivity contribution in [1.82, 2.24) is 0 Å². The summed E-state index contributed by atoms with van der Waals surface area (Å²) in [5.74, 6) is 0. The second-order valence-corrected chi connectivity index (χ2v) is 20.1. The molecule has 2 fully saturated rings. The van der Waals surface area contributed by atoms with Crippen LogP contribution in [-0.4, -0.2) is 0 Å². The molecule has 38 valence electrons. The van der Waals surface area contributed by atoms with Crippen molar-refractivity contribution in [3.8, 4) is 0 Å². The quantitative estimate of drug-likeness (QED) is 0.465. The molecule has 0 aromatic rings. The normalized spacial score (nSPS) is 56.9. The van der Waals surface area contributed by atoms with Crippen LogP contribution in [0.4, 0.5) is 0 Å². The summed E-state index contributed by atoms with van der Waals surface area (Å²) >= 11 is -1.03. The fourth-order valence-corrected chi connectivity index (χ4v) is 26.9. The van der Waals surface area contributed by atoms with Crippen molar-refractivity contribution in [3.63, 3.8) is 0 Å². The van der Waals surface area contributed by atoms with E-state index in [9.17, 15) is 0 Å². The molecule has 2 saturated heterocycles. The molecule has 0 aromatic carbocycles. The predicted molar refractivity (Wildman–Crippen MR) is 28.5 cm³/mol. The maximum atomic E-state index is 2.48. The first kappa shape index (κ1) is 4.50. The Morgan fingerprint density at radius 1 is 1.14 bits per heavy atom. The molecule has 2 unspecified atom stereocenters. The molecular formula is C6H12Zn.